The van der Waals surface area contributed by atoms with Crippen LogP contribution in [-0.4, -0.2) is 35.2 Å². The molecule has 0 atom stereocenters. The Balaban J connectivity index is 1.59. The first kappa shape index (κ1) is 14.5. The summed E-state index contributed by atoms with van der Waals surface area (Å²) in [5.74, 6) is 0.688. The van der Waals surface area contributed by atoms with E-state index in [0.29, 0.717) is 29.7 Å². The van der Waals surface area contributed by atoms with Crippen molar-refractivity contribution >= 4 is 17.1 Å². The molecule has 9 nitrogen and oxygen atoms in total. The van der Waals surface area contributed by atoms with Crippen molar-refractivity contribution < 1.29 is 0 Å². The lowest BCUT2D eigenvalue weighted by atomic mass is 10.1. The number of imidazole rings is 2. The Morgan fingerprint density at radius 1 is 1.20 bits per heavy atom. The van der Waals surface area contributed by atoms with Gasteiger partial charge in [-0.25, -0.2) is 9.78 Å². The van der Waals surface area contributed by atoms with Gasteiger partial charge in [-0.2, -0.15) is 4.98 Å². The topological polar surface area (TPSA) is 93.7 Å². The normalized spacial score (nSPS) is 17.3. The number of rotatable bonds is 2. The molecule has 9 heteroatoms. The van der Waals surface area contributed by atoms with Crippen molar-refractivity contribution in [3.8, 4) is 0 Å². The van der Waals surface area contributed by atoms with Gasteiger partial charge in [0.05, 0.1) is 18.6 Å². The first-order valence-corrected chi connectivity index (χ1v) is 8.50. The monoisotopic (exact) mass is 341 g/mol. The van der Waals surface area contributed by atoms with Crippen molar-refractivity contribution in [3.63, 3.8) is 0 Å². The van der Waals surface area contributed by atoms with E-state index in [0.717, 1.165) is 18.7 Å². The van der Waals surface area contributed by atoms with Crippen molar-refractivity contribution in [2.75, 3.05) is 11.4 Å². The largest absolute Gasteiger partial charge is 0.336 e. The highest BCUT2D eigenvalue weighted by Crippen LogP contribution is 2.37. The predicted octanol–water partition coefficient (Wildman–Crippen LogP) is 0.0544. The second-order valence-corrected chi connectivity index (χ2v) is 6.91. The fourth-order valence-corrected chi connectivity index (χ4v) is 3.75. The van der Waals surface area contributed by atoms with Crippen LogP contribution in [0.25, 0.3) is 11.2 Å². The molecule has 0 spiro atoms. The molecule has 1 aliphatic carbocycles. The van der Waals surface area contributed by atoms with Gasteiger partial charge in [-0.05, 0) is 12.8 Å². The van der Waals surface area contributed by atoms with Gasteiger partial charge in [0, 0.05) is 38.8 Å². The van der Waals surface area contributed by atoms with Gasteiger partial charge in [0.15, 0.2) is 11.2 Å². The quantitative estimate of drug-likeness (QED) is 0.711. The van der Waals surface area contributed by atoms with Crippen LogP contribution >= 0.6 is 0 Å². The fourth-order valence-electron chi connectivity index (χ4n) is 3.75. The third kappa shape index (κ3) is 2.01. The average molecular weight is 341 g/mol. The van der Waals surface area contributed by atoms with E-state index >= 15 is 0 Å². The zero-order valence-electron chi connectivity index (χ0n) is 14.2. The molecule has 0 saturated heterocycles. The standard InChI is InChI=1S/C16H19N7O2/c1-20-12-13(21(2)16(25)19-14(12)24)18-15(20)22-6-5-11-10(7-22)17-8-23(11)9-3-4-9/h8-9H,3-7H2,1-2H3,(H,19,24,25). The molecule has 130 valence electrons. The summed E-state index contributed by atoms with van der Waals surface area (Å²) < 4.78 is 5.45. The summed E-state index contributed by atoms with van der Waals surface area (Å²) in [6.45, 7) is 1.48. The zero-order valence-corrected chi connectivity index (χ0v) is 14.2. The van der Waals surface area contributed by atoms with Gasteiger partial charge in [0.25, 0.3) is 5.56 Å². The highest BCUT2D eigenvalue weighted by molar-refractivity contribution is 5.74. The number of nitrogens with zero attached hydrogens (tertiary/aromatic N) is 6. The Morgan fingerprint density at radius 2 is 2.00 bits per heavy atom. The second-order valence-electron chi connectivity index (χ2n) is 6.91. The lowest BCUT2D eigenvalue weighted by Gasteiger charge is -2.27. The van der Waals surface area contributed by atoms with Crippen molar-refractivity contribution in [1.29, 1.82) is 0 Å². The number of H-pyrrole nitrogens is 1. The third-order valence-electron chi connectivity index (χ3n) is 5.28. The Kier molecular flexibility index (Phi) is 2.81. The van der Waals surface area contributed by atoms with E-state index < -0.39 is 11.2 Å². The Bertz CT molecular complexity index is 1110. The van der Waals surface area contributed by atoms with Crippen LogP contribution in [-0.2, 0) is 27.1 Å². The highest BCUT2D eigenvalue weighted by Gasteiger charge is 2.31. The van der Waals surface area contributed by atoms with Crippen LogP contribution in [0.1, 0.15) is 30.3 Å². The number of hydrogen-bond acceptors (Lipinski definition) is 5. The van der Waals surface area contributed by atoms with E-state index in [1.807, 2.05) is 13.4 Å². The lowest BCUT2D eigenvalue weighted by molar-refractivity contribution is 0.627. The maximum atomic E-state index is 12.2. The van der Waals surface area contributed by atoms with Crippen LogP contribution in [0, 0.1) is 0 Å². The molecule has 1 saturated carbocycles. The van der Waals surface area contributed by atoms with Gasteiger partial charge in [-0.3, -0.25) is 14.3 Å². The predicted molar refractivity (Wildman–Crippen MR) is 91.8 cm³/mol. The van der Waals surface area contributed by atoms with E-state index in [1.165, 1.54) is 23.1 Å². The van der Waals surface area contributed by atoms with E-state index in [9.17, 15) is 9.59 Å². The van der Waals surface area contributed by atoms with Crippen LogP contribution in [0.5, 0.6) is 0 Å². The van der Waals surface area contributed by atoms with Gasteiger partial charge in [-0.15, -0.1) is 0 Å². The lowest BCUT2D eigenvalue weighted by Crippen LogP contribution is -2.33. The van der Waals surface area contributed by atoms with Crippen molar-refractivity contribution in [2.24, 2.45) is 14.1 Å². The molecule has 5 rings (SSSR count). The van der Waals surface area contributed by atoms with Gasteiger partial charge in [-0.1, -0.05) is 0 Å². The van der Waals surface area contributed by atoms with Crippen LogP contribution in [0.4, 0.5) is 5.95 Å². The van der Waals surface area contributed by atoms with Crippen LogP contribution in [0.15, 0.2) is 15.9 Å². The molecule has 3 aromatic rings. The second kappa shape index (κ2) is 4.84. The molecule has 1 fully saturated rings. The Morgan fingerprint density at radius 3 is 2.76 bits per heavy atom. The molecular weight excluding hydrogens is 322 g/mol. The summed E-state index contributed by atoms with van der Waals surface area (Å²) in [4.78, 5) is 37.6. The van der Waals surface area contributed by atoms with Gasteiger partial charge in [0.2, 0.25) is 5.95 Å². The molecule has 1 N–H and O–H groups in total. The summed E-state index contributed by atoms with van der Waals surface area (Å²) in [7, 11) is 3.42. The number of aromatic nitrogens is 6. The van der Waals surface area contributed by atoms with Crippen molar-refractivity contribution in [3.05, 3.63) is 38.6 Å². The molecule has 25 heavy (non-hydrogen) atoms. The average Bonchev–Trinajstić information content (AvgIpc) is 3.25. The van der Waals surface area contributed by atoms with Gasteiger partial charge in [0.1, 0.15) is 0 Å². The highest BCUT2D eigenvalue weighted by atomic mass is 16.2. The molecule has 0 aromatic carbocycles. The third-order valence-corrected chi connectivity index (χ3v) is 5.28. The summed E-state index contributed by atoms with van der Waals surface area (Å²) in [6.07, 6.45) is 5.35. The first-order chi connectivity index (χ1) is 12.0. The van der Waals surface area contributed by atoms with Gasteiger partial charge >= 0.3 is 5.69 Å². The molecule has 0 amide bonds. The van der Waals surface area contributed by atoms with Crippen LogP contribution in [0.2, 0.25) is 0 Å². The maximum Gasteiger partial charge on any atom is 0.329 e. The van der Waals surface area contributed by atoms with Crippen molar-refractivity contribution in [2.45, 2.75) is 31.8 Å². The molecule has 1 aliphatic heterocycles. The van der Waals surface area contributed by atoms with Crippen LogP contribution in [0.3, 0.4) is 0 Å². The number of nitrogens with one attached hydrogen (secondary N) is 1. The zero-order chi connectivity index (χ0) is 17.3. The summed E-state index contributed by atoms with van der Waals surface area (Å²) in [5, 5.41) is 0. The molecule has 0 radical (unpaired) electrons. The number of hydrogen-bond donors (Lipinski definition) is 1. The number of fused-ring (bicyclic) bond motifs is 2. The van der Waals surface area contributed by atoms with Crippen molar-refractivity contribution in [1.82, 2.24) is 28.7 Å². The Hall–Kier alpha value is -2.84. The van der Waals surface area contributed by atoms with E-state index in [4.69, 9.17) is 0 Å². The summed E-state index contributed by atoms with van der Waals surface area (Å²) in [5.41, 5.74) is 2.35. The van der Waals surface area contributed by atoms with Gasteiger partial charge < -0.3 is 14.0 Å². The summed E-state index contributed by atoms with van der Waals surface area (Å²) in [6, 6.07) is 0.631. The Labute approximate surface area is 142 Å². The molecular formula is C16H19N7O2. The molecule has 0 unspecified atom stereocenters. The van der Waals surface area contributed by atoms with E-state index in [-0.39, 0.29) is 0 Å². The SMILES string of the molecule is Cn1c(N2CCc3c(ncn3C3CC3)C2)nc2c1c(=O)[nH]c(=O)n2C. The molecule has 4 heterocycles. The summed E-state index contributed by atoms with van der Waals surface area (Å²) >= 11 is 0. The first-order valence-electron chi connectivity index (χ1n) is 8.50. The number of aryl methyl sites for hydroxylation is 2. The minimum atomic E-state index is -0.453. The minimum absolute atomic E-state index is 0.403. The van der Waals surface area contributed by atoms with Crippen LogP contribution < -0.4 is 16.1 Å². The minimum Gasteiger partial charge on any atom is -0.336 e. The van der Waals surface area contributed by atoms with E-state index in [1.54, 1.807) is 11.6 Å². The molecule has 3 aromatic heterocycles. The number of aromatic amines is 1. The number of anilines is 1. The molecule has 2 aliphatic rings. The maximum absolute atomic E-state index is 12.2. The smallest absolute Gasteiger partial charge is 0.329 e. The van der Waals surface area contributed by atoms with E-state index in [2.05, 4.69) is 24.4 Å². The molecule has 0 bridgehead atoms. The fraction of sp³-hybridized carbons (Fsp3) is 0.500.